The van der Waals surface area contributed by atoms with E-state index in [4.69, 9.17) is 0 Å². The number of carbonyl (C=O) groups is 1. The Bertz CT molecular complexity index is 825. The predicted molar refractivity (Wildman–Crippen MR) is 97.4 cm³/mol. The first-order chi connectivity index (χ1) is 11.8. The minimum absolute atomic E-state index is 0.0723. The molecule has 0 unspecified atom stereocenters. The van der Waals surface area contributed by atoms with Gasteiger partial charge in [-0.1, -0.05) is 60.7 Å². The number of carbonyl (C=O) groups excluding carboxylic acids is 1. The van der Waals surface area contributed by atoms with Crippen LogP contribution in [0.15, 0.2) is 84.9 Å². The minimum atomic E-state index is -0.0723. The molecule has 2 atom stereocenters. The van der Waals surface area contributed by atoms with Crippen LogP contribution >= 0.6 is 0 Å². The topological polar surface area (TPSA) is 29.1 Å². The second-order valence-electron chi connectivity index (χ2n) is 6.30. The number of nitrogens with one attached hydrogen (secondary N) is 1. The Morgan fingerprint density at radius 3 is 1.88 bits per heavy atom. The van der Waals surface area contributed by atoms with Gasteiger partial charge in [0.05, 0.1) is 0 Å². The number of hydrogen-bond acceptors (Lipinski definition) is 1. The van der Waals surface area contributed by atoms with Crippen molar-refractivity contribution in [2.24, 2.45) is 0 Å². The van der Waals surface area contributed by atoms with E-state index in [1.165, 1.54) is 17.5 Å². The summed E-state index contributed by atoms with van der Waals surface area (Å²) in [5, 5.41) is 2.95. The van der Waals surface area contributed by atoms with Gasteiger partial charge in [-0.15, -0.1) is 0 Å². The van der Waals surface area contributed by atoms with E-state index in [0.717, 1.165) is 5.69 Å². The van der Waals surface area contributed by atoms with Crippen molar-refractivity contribution in [3.8, 4) is 0 Å². The van der Waals surface area contributed by atoms with Crippen LogP contribution in [0.5, 0.6) is 0 Å². The third kappa shape index (κ3) is 3.09. The highest BCUT2D eigenvalue weighted by Crippen LogP contribution is 2.54. The number of hydrogen-bond donors (Lipinski definition) is 1. The lowest BCUT2D eigenvalue weighted by Crippen LogP contribution is -2.11. The van der Waals surface area contributed by atoms with Gasteiger partial charge < -0.3 is 5.32 Å². The SMILES string of the molecule is O=C(Nc1ccc([C@@H]2C[C@@H]2c2ccccc2)cc1)c1ccccc1. The van der Waals surface area contributed by atoms with Crippen molar-refractivity contribution in [1.82, 2.24) is 0 Å². The maximum absolute atomic E-state index is 12.2. The van der Waals surface area contributed by atoms with Gasteiger partial charge in [-0.25, -0.2) is 0 Å². The van der Waals surface area contributed by atoms with Gasteiger partial charge >= 0.3 is 0 Å². The van der Waals surface area contributed by atoms with Crippen LogP contribution in [-0.4, -0.2) is 5.91 Å². The average molecular weight is 313 g/mol. The van der Waals surface area contributed by atoms with Gasteiger partial charge in [-0.05, 0) is 53.6 Å². The van der Waals surface area contributed by atoms with Gasteiger partial charge in [0.15, 0.2) is 0 Å². The average Bonchev–Trinajstić information content (AvgIpc) is 3.45. The Balaban J connectivity index is 1.42. The molecule has 0 heterocycles. The molecule has 3 aromatic rings. The lowest BCUT2D eigenvalue weighted by Gasteiger charge is -2.07. The Labute approximate surface area is 142 Å². The number of rotatable bonds is 4. The van der Waals surface area contributed by atoms with Crippen LogP contribution in [0.1, 0.15) is 39.7 Å². The summed E-state index contributed by atoms with van der Waals surface area (Å²) in [6, 6.07) is 28.2. The summed E-state index contributed by atoms with van der Waals surface area (Å²) in [5.74, 6) is 1.17. The first-order valence-corrected chi connectivity index (χ1v) is 8.32. The summed E-state index contributed by atoms with van der Waals surface area (Å²) < 4.78 is 0. The third-order valence-corrected chi connectivity index (χ3v) is 4.65. The Kier molecular flexibility index (Phi) is 3.87. The molecular weight excluding hydrogens is 294 g/mol. The second kappa shape index (κ2) is 6.32. The van der Waals surface area contributed by atoms with E-state index in [-0.39, 0.29) is 5.91 Å². The van der Waals surface area contributed by atoms with Crippen LogP contribution in [0, 0.1) is 0 Å². The quantitative estimate of drug-likeness (QED) is 0.704. The Morgan fingerprint density at radius 1 is 0.708 bits per heavy atom. The molecule has 2 nitrogen and oxygen atoms in total. The van der Waals surface area contributed by atoms with Crippen molar-refractivity contribution in [2.45, 2.75) is 18.3 Å². The molecule has 24 heavy (non-hydrogen) atoms. The second-order valence-corrected chi connectivity index (χ2v) is 6.30. The molecule has 3 aromatic carbocycles. The monoisotopic (exact) mass is 313 g/mol. The highest BCUT2D eigenvalue weighted by molar-refractivity contribution is 6.04. The minimum Gasteiger partial charge on any atom is -0.322 e. The van der Waals surface area contributed by atoms with Gasteiger partial charge in [0.25, 0.3) is 5.91 Å². The first-order valence-electron chi connectivity index (χ1n) is 8.32. The molecule has 1 saturated carbocycles. The molecule has 0 saturated heterocycles. The van der Waals surface area contributed by atoms with Crippen molar-refractivity contribution in [3.63, 3.8) is 0 Å². The van der Waals surface area contributed by atoms with Crippen molar-refractivity contribution in [3.05, 3.63) is 102 Å². The van der Waals surface area contributed by atoms with Gasteiger partial charge in [-0.3, -0.25) is 4.79 Å². The van der Waals surface area contributed by atoms with Crippen molar-refractivity contribution < 1.29 is 4.79 Å². The maximum atomic E-state index is 12.2. The predicted octanol–water partition coefficient (Wildman–Crippen LogP) is 5.21. The summed E-state index contributed by atoms with van der Waals surface area (Å²) >= 11 is 0. The third-order valence-electron chi connectivity index (χ3n) is 4.65. The summed E-state index contributed by atoms with van der Waals surface area (Å²) in [5.41, 5.74) is 4.28. The van der Waals surface area contributed by atoms with Gasteiger partial charge in [-0.2, -0.15) is 0 Å². The smallest absolute Gasteiger partial charge is 0.255 e. The molecule has 0 aliphatic heterocycles. The highest BCUT2D eigenvalue weighted by atomic mass is 16.1. The first kappa shape index (κ1) is 14.7. The molecule has 118 valence electrons. The molecule has 4 rings (SSSR count). The summed E-state index contributed by atoms with van der Waals surface area (Å²) in [7, 11) is 0. The fourth-order valence-electron chi connectivity index (χ4n) is 3.24. The van der Waals surface area contributed by atoms with Gasteiger partial charge in [0, 0.05) is 11.3 Å². The summed E-state index contributed by atoms with van der Waals surface area (Å²) in [4.78, 5) is 12.2. The fourth-order valence-corrected chi connectivity index (χ4v) is 3.24. The number of amides is 1. The van der Waals surface area contributed by atoms with Gasteiger partial charge in [0.1, 0.15) is 0 Å². The molecule has 0 radical (unpaired) electrons. The van der Waals surface area contributed by atoms with Crippen molar-refractivity contribution >= 4 is 11.6 Å². The normalized spacial score (nSPS) is 18.8. The van der Waals surface area contributed by atoms with E-state index in [1.54, 1.807) is 0 Å². The van der Waals surface area contributed by atoms with Crippen LogP contribution in [0.2, 0.25) is 0 Å². The molecule has 1 N–H and O–H groups in total. The fraction of sp³-hybridized carbons (Fsp3) is 0.136. The largest absolute Gasteiger partial charge is 0.322 e. The summed E-state index contributed by atoms with van der Waals surface area (Å²) in [6.45, 7) is 0. The molecule has 0 aromatic heterocycles. The van der Waals surface area contributed by atoms with Crippen LogP contribution in [0.3, 0.4) is 0 Å². The zero-order valence-electron chi connectivity index (χ0n) is 13.4. The molecule has 2 heteroatoms. The van der Waals surface area contributed by atoms with Crippen LogP contribution in [-0.2, 0) is 0 Å². The molecule has 0 bridgehead atoms. The van der Waals surface area contributed by atoms with Crippen LogP contribution in [0.4, 0.5) is 5.69 Å². The lowest BCUT2D eigenvalue weighted by molar-refractivity contribution is 0.102. The standard InChI is InChI=1S/C22H19NO/c24-22(18-9-5-2-6-10-18)23-19-13-11-17(12-14-19)21-15-20(21)16-7-3-1-4-8-16/h1-14,20-21H,15H2,(H,23,24)/t20-,21+/m1/s1. The number of benzene rings is 3. The molecular formula is C22H19NO. The Hall–Kier alpha value is -2.87. The maximum Gasteiger partial charge on any atom is 0.255 e. The highest BCUT2D eigenvalue weighted by Gasteiger charge is 2.39. The van der Waals surface area contributed by atoms with E-state index in [9.17, 15) is 4.79 Å². The van der Waals surface area contributed by atoms with E-state index < -0.39 is 0 Å². The van der Waals surface area contributed by atoms with E-state index in [1.807, 2.05) is 42.5 Å². The van der Waals surface area contributed by atoms with E-state index in [0.29, 0.717) is 17.4 Å². The van der Waals surface area contributed by atoms with Crippen LogP contribution in [0.25, 0.3) is 0 Å². The van der Waals surface area contributed by atoms with Crippen LogP contribution < -0.4 is 5.32 Å². The Morgan fingerprint density at radius 2 is 1.25 bits per heavy atom. The molecule has 1 amide bonds. The number of anilines is 1. The van der Waals surface area contributed by atoms with Gasteiger partial charge in [0.2, 0.25) is 0 Å². The van der Waals surface area contributed by atoms with E-state index in [2.05, 4.69) is 47.8 Å². The lowest BCUT2D eigenvalue weighted by atomic mass is 10.0. The zero-order chi connectivity index (χ0) is 16.4. The molecule has 1 aliphatic rings. The van der Waals surface area contributed by atoms with Crippen molar-refractivity contribution in [1.29, 1.82) is 0 Å². The van der Waals surface area contributed by atoms with Crippen molar-refractivity contribution in [2.75, 3.05) is 5.32 Å². The molecule has 0 spiro atoms. The molecule has 1 aliphatic carbocycles. The zero-order valence-corrected chi connectivity index (χ0v) is 13.4. The summed E-state index contributed by atoms with van der Waals surface area (Å²) in [6.07, 6.45) is 1.21. The van der Waals surface area contributed by atoms with E-state index >= 15 is 0 Å². The molecule has 1 fully saturated rings.